The number of benzene rings is 2. The highest BCUT2D eigenvalue weighted by Gasteiger charge is 2.03. The molecule has 2 heterocycles. The van der Waals surface area contributed by atoms with E-state index < -0.39 is 0 Å². The first kappa shape index (κ1) is 26.1. The summed E-state index contributed by atoms with van der Waals surface area (Å²) in [4.78, 5) is 4.04. The normalized spacial score (nSPS) is 9.40. The molecule has 4 aromatic rings. The van der Waals surface area contributed by atoms with Crippen LogP contribution >= 0.6 is 32.9 Å². The molecule has 0 saturated heterocycles. The maximum atomic E-state index is 12.3. The van der Waals surface area contributed by atoms with Crippen molar-refractivity contribution in [1.29, 1.82) is 0 Å². The van der Waals surface area contributed by atoms with Crippen molar-refractivity contribution in [2.45, 2.75) is 11.9 Å². The van der Waals surface area contributed by atoms with Gasteiger partial charge in [-0.3, -0.25) is 4.98 Å². The van der Waals surface area contributed by atoms with Crippen LogP contribution in [0, 0.1) is 5.82 Å². The Morgan fingerprint density at radius 1 is 0.767 bits per heavy atom. The monoisotopic (exact) mass is 594 g/mol. The van der Waals surface area contributed by atoms with Gasteiger partial charge in [0.05, 0.1) is 0 Å². The summed E-state index contributed by atoms with van der Waals surface area (Å²) < 4.78 is 14.5. The van der Waals surface area contributed by atoms with Gasteiger partial charge in [-0.1, -0.05) is 58.4 Å². The number of hydrogen-bond acceptors (Lipinski definition) is 1. The van der Waals surface area contributed by atoms with E-state index in [1.54, 1.807) is 6.07 Å². The van der Waals surface area contributed by atoms with Crippen molar-refractivity contribution in [3.05, 3.63) is 121 Å². The van der Waals surface area contributed by atoms with E-state index >= 15 is 0 Å². The molecular weight excluding hydrogens is 575 g/mol. The van der Waals surface area contributed by atoms with Crippen LogP contribution in [0.1, 0.15) is 11.1 Å². The van der Waals surface area contributed by atoms with E-state index in [4.69, 9.17) is 0 Å². The van der Waals surface area contributed by atoms with E-state index in [2.05, 4.69) is 74.3 Å². The second-order valence-electron chi connectivity index (χ2n) is 6.24. The van der Waals surface area contributed by atoms with Gasteiger partial charge in [0.1, 0.15) is 5.82 Å². The lowest BCUT2D eigenvalue weighted by atomic mass is 10.1. The molecule has 0 aliphatic rings. The van der Waals surface area contributed by atoms with Gasteiger partial charge < -0.3 is 17.0 Å². The predicted octanol–water partition coefficient (Wildman–Crippen LogP) is 3.39. The van der Waals surface area contributed by atoms with Crippen molar-refractivity contribution in [2.24, 2.45) is 0 Å². The van der Waals surface area contributed by atoms with Crippen LogP contribution in [-0.4, -0.2) is 4.98 Å². The molecule has 0 bridgehead atoms. The summed E-state index contributed by atoms with van der Waals surface area (Å²) in [6, 6.07) is 25.3. The molecule has 0 fully saturated rings. The smallest absolute Gasteiger partial charge is 0.173 e. The fourth-order valence-electron chi connectivity index (χ4n) is 2.71. The largest absolute Gasteiger partial charge is 1.00 e. The molecule has 2 aromatic carbocycles. The molecular formula is C24H22Br3FN2. The number of nitrogens with zero attached hydrogens (tertiary/aromatic N) is 2. The van der Waals surface area contributed by atoms with Gasteiger partial charge in [0.25, 0.3) is 0 Å². The van der Waals surface area contributed by atoms with Crippen LogP contribution in [0.4, 0.5) is 4.39 Å². The summed E-state index contributed by atoms with van der Waals surface area (Å²) in [7, 11) is 0. The second kappa shape index (κ2) is 14.2. The first-order valence-electron chi connectivity index (χ1n) is 8.98. The van der Waals surface area contributed by atoms with Gasteiger partial charge >= 0.3 is 0 Å². The number of pyridine rings is 2. The van der Waals surface area contributed by atoms with Gasteiger partial charge in [-0.15, -0.1) is 17.0 Å². The highest BCUT2D eigenvalue weighted by Crippen LogP contribution is 2.15. The van der Waals surface area contributed by atoms with Crippen LogP contribution in [0.5, 0.6) is 0 Å². The van der Waals surface area contributed by atoms with Crippen LogP contribution in [0.3, 0.4) is 0 Å². The molecule has 2 nitrogen and oxygen atoms in total. The lowest BCUT2D eigenvalue weighted by molar-refractivity contribution is -0.688. The Bertz CT molecular complexity index is 982. The third kappa shape index (κ3) is 8.46. The summed E-state index contributed by atoms with van der Waals surface area (Å²) in [6.07, 6.45) is 7.87. The minimum Gasteiger partial charge on any atom is -1.00 e. The Morgan fingerprint density at radius 3 is 1.93 bits per heavy atom. The molecule has 0 aliphatic heterocycles. The van der Waals surface area contributed by atoms with E-state index in [9.17, 15) is 4.39 Å². The molecule has 6 heteroatoms. The predicted molar refractivity (Wildman–Crippen MR) is 125 cm³/mol. The van der Waals surface area contributed by atoms with Crippen LogP contribution < -0.4 is 21.5 Å². The third-order valence-corrected chi connectivity index (χ3v) is 4.80. The summed E-state index contributed by atoms with van der Waals surface area (Å²) in [5.74, 6) is -0.174. The number of rotatable bonds is 4. The van der Waals surface area contributed by atoms with Crippen LogP contribution in [0.15, 0.2) is 104 Å². The zero-order valence-corrected chi connectivity index (χ0v) is 21.1. The average molecular weight is 597 g/mol. The van der Waals surface area contributed by atoms with Crippen molar-refractivity contribution >= 4 is 32.9 Å². The van der Waals surface area contributed by atoms with Gasteiger partial charge in [0, 0.05) is 35.4 Å². The summed E-state index contributed by atoms with van der Waals surface area (Å²) in [5.41, 5.74) is 4.69. The van der Waals surface area contributed by atoms with Gasteiger partial charge in [0.2, 0.25) is 0 Å². The molecule has 4 rings (SSSR count). The zero-order chi connectivity index (χ0) is 19.6. The van der Waals surface area contributed by atoms with Gasteiger partial charge in [-0.05, 0) is 41.0 Å². The van der Waals surface area contributed by atoms with E-state index in [-0.39, 0.29) is 39.8 Å². The Labute approximate surface area is 206 Å². The average Bonchev–Trinajstić information content (AvgIpc) is 2.76. The van der Waals surface area contributed by atoms with Crippen molar-refractivity contribution in [3.8, 4) is 11.1 Å². The standard InChI is InChI=1S/C17H15N2.C7H6BrF.2BrH/c1-2-4-15(5-3-1)14-19-12-8-17(9-13-19)16-6-10-18-11-7-16;8-5-6-2-1-3-7(9)4-6;;/h1-13H,14H2;1-4H,5H2;2*1H/q+1;;;/p-1. The topological polar surface area (TPSA) is 16.8 Å². The molecule has 30 heavy (non-hydrogen) atoms. The number of halogens is 4. The fourth-order valence-corrected chi connectivity index (χ4v) is 3.06. The van der Waals surface area contributed by atoms with E-state index in [0.717, 1.165) is 12.1 Å². The van der Waals surface area contributed by atoms with Gasteiger partial charge in [-0.25, -0.2) is 8.96 Å². The number of aromatic nitrogens is 2. The summed E-state index contributed by atoms with van der Waals surface area (Å²) in [5, 5.41) is 0.713. The SMILES string of the molecule is Br.Fc1cccc(CBr)c1.[Br-].c1ccc(C[n+]2ccc(-c3ccncc3)cc2)cc1. The number of hydrogen-bond donors (Lipinski definition) is 0. The maximum absolute atomic E-state index is 12.3. The molecule has 0 atom stereocenters. The Balaban J connectivity index is 0.000000351. The molecule has 0 amide bonds. The summed E-state index contributed by atoms with van der Waals surface area (Å²) in [6.45, 7) is 0.900. The molecule has 0 aliphatic carbocycles. The Kier molecular flexibility index (Phi) is 12.4. The van der Waals surface area contributed by atoms with E-state index in [1.807, 2.05) is 36.7 Å². The van der Waals surface area contributed by atoms with Gasteiger partial charge in [0.15, 0.2) is 18.9 Å². The highest BCUT2D eigenvalue weighted by molar-refractivity contribution is 9.08. The third-order valence-electron chi connectivity index (χ3n) is 4.16. The lowest BCUT2D eigenvalue weighted by Crippen LogP contribution is -3.00. The van der Waals surface area contributed by atoms with Gasteiger partial charge in [-0.2, -0.15) is 0 Å². The van der Waals surface area contributed by atoms with Crippen molar-refractivity contribution < 1.29 is 25.9 Å². The zero-order valence-electron chi connectivity index (χ0n) is 16.2. The molecule has 2 aromatic heterocycles. The molecule has 156 valence electrons. The maximum Gasteiger partial charge on any atom is 0.173 e. The highest BCUT2D eigenvalue weighted by atomic mass is 79.9. The molecule has 0 unspecified atom stereocenters. The fraction of sp³-hybridized carbons (Fsp3) is 0.0833. The van der Waals surface area contributed by atoms with E-state index in [0.29, 0.717) is 5.33 Å². The minimum atomic E-state index is -0.174. The molecule has 0 radical (unpaired) electrons. The minimum absolute atomic E-state index is 0. The molecule has 0 spiro atoms. The Hall–Kier alpha value is -1.89. The molecule has 0 N–H and O–H groups in total. The summed E-state index contributed by atoms with van der Waals surface area (Å²) >= 11 is 3.22. The second-order valence-corrected chi connectivity index (χ2v) is 6.80. The Morgan fingerprint density at radius 2 is 1.37 bits per heavy atom. The van der Waals surface area contributed by atoms with Crippen molar-refractivity contribution in [2.75, 3.05) is 0 Å². The van der Waals surface area contributed by atoms with Crippen molar-refractivity contribution in [1.82, 2.24) is 4.98 Å². The first-order valence-corrected chi connectivity index (χ1v) is 10.1. The number of alkyl halides is 1. The van der Waals surface area contributed by atoms with Crippen LogP contribution in [0.25, 0.3) is 11.1 Å². The first-order chi connectivity index (χ1) is 13.7. The lowest BCUT2D eigenvalue weighted by Gasteiger charge is -2.01. The van der Waals surface area contributed by atoms with E-state index in [1.165, 1.54) is 28.8 Å². The van der Waals surface area contributed by atoms with Crippen molar-refractivity contribution in [3.63, 3.8) is 0 Å². The quantitative estimate of drug-likeness (QED) is 0.261. The molecule has 0 saturated carbocycles. The van der Waals surface area contributed by atoms with Crippen LogP contribution in [0.2, 0.25) is 0 Å². The van der Waals surface area contributed by atoms with Crippen LogP contribution in [-0.2, 0) is 11.9 Å².